The summed E-state index contributed by atoms with van der Waals surface area (Å²) < 4.78 is 0. The second-order valence-corrected chi connectivity index (χ2v) is 6.82. The van der Waals surface area contributed by atoms with E-state index in [1.807, 2.05) is 0 Å². The van der Waals surface area contributed by atoms with E-state index in [0.717, 1.165) is 58.0 Å². The van der Waals surface area contributed by atoms with Gasteiger partial charge in [0.25, 0.3) is 0 Å². The van der Waals surface area contributed by atoms with Crippen LogP contribution in [0.15, 0.2) is 0 Å². The van der Waals surface area contributed by atoms with Crippen molar-refractivity contribution in [1.82, 2.24) is 9.80 Å². The number of hydrogen-bond acceptors (Lipinski definition) is 3. The lowest BCUT2D eigenvalue weighted by atomic mass is 9.79. The van der Waals surface area contributed by atoms with E-state index >= 15 is 0 Å². The Hall–Kier alpha value is -0.610. The molecule has 2 fully saturated rings. The van der Waals surface area contributed by atoms with Crippen LogP contribution in [0.4, 0.5) is 0 Å². The van der Waals surface area contributed by atoms with Crippen molar-refractivity contribution in [3.63, 3.8) is 0 Å². The Morgan fingerprint density at radius 3 is 2.33 bits per heavy atom. The fourth-order valence-corrected chi connectivity index (χ4v) is 3.82. The number of carbonyl (C=O) groups excluding carboxylic acids is 1. The molecule has 0 unspecified atom stereocenters. The van der Waals surface area contributed by atoms with Crippen LogP contribution in [0.2, 0.25) is 0 Å². The van der Waals surface area contributed by atoms with Crippen LogP contribution in [0, 0.1) is 11.8 Å². The van der Waals surface area contributed by atoms with E-state index in [4.69, 9.17) is 5.73 Å². The van der Waals surface area contributed by atoms with Gasteiger partial charge >= 0.3 is 0 Å². The maximum absolute atomic E-state index is 12.6. The summed E-state index contributed by atoms with van der Waals surface area (Å²) >= 11 is 0. The van der Waals surface area contributed by atoms with Crippen molar-refractivity contribution >= 4 is 5.91 Å². The highest BCUT2D eigenvalue weighted by molar-refractivity contribution is 5.79. The van der Waals surface area contributed by atoms with Gasteiger partial charge < -0.3 is 10.6 Å². The molecule has 0 radical (unpaired) electrons. The molecule has 1 aliphatic heterocycles. The molecule has 4 heteroatoms. The Morgan fingerprint density at radius 1 is 1.10 bits per heavy atom. The maximum atomic E-state index is 12.6. The first kappa shape index (κ1) is 16.8. The number of unbranched alkanes of at least 4 members (excludes halogenated alkanes) is 1. The molecule has 0 aromatic carbocycles. The molecule has 0 spiro atoms. The molecular formula is C17H33N3O. The molecule has 0 aromatic rings. The number of rotatable bonds is 6. The van der Waals surface area contributed by atoms with Gasteiger partial charge in [-0.1, -0.05) is 26.2 Å². The monoisotopic (exact) mass is 295 g/mol. The Balaban J connectivity index is 1.70. The predicted octanol–water partition coefficient (Wildman–Crippen LogP) is 2.09. The number of amides is 1. The highest BCUT2D eigenvalue weighted by Crippen LogP contribution is 2.33. The van der Waals surface area contributed by atoms with Crippen LogP contribution in [0.1, 0.15) is 51.9 Å². The highest BCUT2D eigenvalue weighted by atomic mass is 16.2. The maximum Gasteiger partial charge on any atom is 0.225 e. The van der Waals surface area contributed by atoms with Gasteiger partial charge in [0.2, 0.25) is 5.91 Å². The van der Waals surface area contributed by atoms with Gasteiger partial charge in [0.15, 0.2) is 0 Å². The molecule has 1 saturated carbocycles. The summed E-state index contributed by atoms with van der Waals surface area (Å²) in [6.45, 7) is 7.73. The lowest BCUT2D eigenvalue weighted by molar-refractivity contribution is -0.138. The van der Waals surface area contributed by atoms with Crippen molar-refractivity contribution in [3.8, 4) is 0 Å². The summed E-state index contributed by atoms with van der Waals surface area (Å²) in [5, 5.41) is 0. The zero-order chi connectivity index (χ0) is 15.1. The van der Waals surface area contributed by atoms with Crippen molar-refractivity contribution < 1.29 is 4.79 Å². The van der Waals surface area contributed by atoms with Gasteiger partial charge in [0.1, 0.15) is 0 Å². The first-order valence-corrected chi connectivity index (χ1v) is 8.95. The van der Waals surface area contributed by atoms with E-state index in [0.29, 0.717) is 11.8 Å². The molecule has 0 bridgehead atoms. The standard InChI is InChI=1S/C17H33N3O/c1-2-3-4-15-5-7-16(8-6-15)17(21)20-13-11-19(10-9-18)12-14-20/h15-16H,2-14,18H2,1H3. The second-order valence-electron chi connectivity index (χ2n) is 6.82. The summed E-state index contributed by atoms with van der Waals surface area (Å²) in [7, 11) is 0. The number of piperazine rings is 1. The van der Waals surface area contributed by atoms with Crippen LogP contribution in [0.25, 0.3) is 0 Å². The number of hydrogen-bond donors (Lipinski definition) is 1. The molecule has 2 N–H and O–H groups in total. The summed E-state index contributed by atoms with van der Waals surface area (Å²) in [5.41, 5.74) is 5.60. The predicted molar refractivity (Wildman–Crippen MR) is 87.0 cm³/mol. The summed E-state index contributed by atoms with van der Waals surface area (Å²) in [6, 6.07) is 0. The minimum absolute atomic E-state index is 0.309. The van der Waals surface area contributed by atoms with Crippen LogP contribution in [0.3, 0.4) is 0 Å². The smallest absolute Gasteiger partial charge is 0.225 e. The van der Waals surface area contributed by atoms with Crippen molar-refractivity contribution in [3.05, 3.63) is 0 Å². The quantitative estimate of drug-likeness (QED) is 0.816. The number of carbonyl (C=O) groups is 1. The van der Waals surface area contributed by atoms with Crippen LogP contribution in [-0.4, -0.2) is 55.0 Å². The number of nitrogens with zero attached hydrogens (tertiary/aromatic N) is 2. The lowest BCUT2D eigenvalue weighted by Crippen LogP contribution is -2.51. The molecule has 1 amide bonds. The average molecular weight is 295 g/mol. The summed E-state index contributed by atoms with van der Waals surface area (Å²) in [4.78, 5) is 17.1. The Bertz CT molecular complexity index is 305. The van der Waals surface area contributed by atoms with Gasteiger partial charge in [0, 0.05) is 45.2 Å². The first-order valence-electron chi connectivity index (χ1n) is 8.95. The Kier molecular flexibility index (Phi) is 6.97. The minimum atomic E-state index is 0.309. The van der Waals surface area contributed by atoms with Gasteiger partial charge in [-0.25, -0.2) is 0 Å². The average Bonchev–Trinajstić information content (AvgIpc) is 2.54. The Labute approximate surface area is 130 Å². The van der Waals surface area contributed by atoms with E-state index in [9.17, 15) is 4.79 Å². The van der Waals surface area contributed by atoms with Crippen molar-refractivity contribution in [2.24, 2.45) is 17.6 Å². The third kappa shape index (κ3) is 4.96. The van der Waals surface area contributed by atoms with Gasteiger partial charge in [0.05, 0.1) is 0 Å². The second kappa shape index (κ2) is 8.74. The molecule has 2 aliphatic rings. The topological polar surface area (TPSA) is 49.6 Å². The SMILES string of the molecule is CCCCC1CCC(C(=O)N2CCN(CCN)CC2)CC1. The van der Waals surface area contributed by atoms with Crippen LogP contribution >= 0.6 is 0 Å². The molecule has 0 aromatic heterocycles. The molecular weight excluding hydrogens is 262 g/mol. The zero-order valence-corrected chi connectivity index (χ0v) is 13.7. The van der Waals surface area contributed by atoms with E-state index in [1.165, 1.54) is 32.1 Å². The van der Waals surface area contributed by atoms with E-state index in [2.05, 4.69) is 16.7 Å². The molecule has 1 heterocycles. The normalized spacial score (nSPS) is 27.8. The largest absolute Gasteiger partial charge is 0.340 e. The summed E-state index contributed by atoms with van der Waals surface area (Å²) in [6.07, 6.45) is 8.80. The van der Waals surface area contributed by atoms with Gasteiger partial charge in [-0.2, -0.15) is 0 Å². The third-order valence-electron chi connectivity index (χ3n) is 5.29. The van der Waals surface area contributed by atoms with Gasteiger partial charge in [-0.15, -0.1) is 0 Å². The van der Waals surface area contributed by atoms with E-state index in [-0.39, 0.29) is 0 Å². The molecule has 1 aliphatic carbocycles. The van der Waals surface area contributed by atoms with Gasteiger partial charge in [-0.3, -0.25) is 9.69 Å². The van der Waals surface area contributed by atoms with E-state index < -0.39 is 0 Å². The fraction of sp³-hybridized carbons (Fsp3) is 0.941. The van der Waals surface area contributed by atoms with Crippen LogP contribution in [-0.2, 0) is 4.79 Å². The van der Waals surface area contributed by atoms with E-state index in [1.54, 1.807) is 0 Å². The highest BCUT2D eigenvalue weighted by Gasteiger charge is 2.30. The van der Waals surface area contributed by atoms with Crippen LogP contribution in [0.5, 0.6) is 0 Å². The fourth-order valence-electron chi connectivity index (χ4n) is 3.82. The summed E-state index contributed by atoms with van der Waals surface area (Å²) in [5.74, 6) is 1.62. The molecule has 4 nitrogen and oxygen atoms in total. The molecule has 0 atom stereocenters. The molecule has 1 saturated heterocycles. The third-order valence-corrected chi connectivity index (χ3v) is 5.29. The molecule has 21 heavy (non-hydrogen) atoms. The Morgan fingerprint density at radius 2 is 1.76 bits per heavy atom. The lowest BCUT2D eigenvalue weighted by Gasteiger charge is -2.37. The van der Waals surface area contributed by atoms with Crippen molar-refractivity contribution in [2.75, 3.05) is 39.3 Å². The van der Waals surface area contributed by atoms with Crippen LogP contribution < -0.4 is 5.73 Å². The van der Waals surface area contributed by atoms with Crippen molar-refractivity contribution in [2.45, 2.75) is 51.9 Å². The minimum Gasteiger partial charge on any atom is -0.340 e. The number of nitrogens with two attached hydrogens (primary N) is 1. The zero-order valence-electron chi connectivity index (χ0n) is 13.7. The first-order chi connectivity index (χ1) is 10.2. The van der Waals surface area contributed by atoms with Crippen molar-refractivity contribution in [1.29, 1.82) is 0 Å². The van der Waals surface area contributed by atoms with Gasteiger partial charge in [-0.05, 0) is 31.6 Å². The molecule has 122 valence electrons. The molecule has 2 rings (SSSR count).